The van der Waals surface area contributed by atoms with Crippen molar-refractivity contribution in [1.29, 1.82) is 0 Å². The first kappa shape index (κ1) is 16.0. The molecule has 4 heteroatoms. The number of methoxy groups -OCH3 is 1. The molecule has 1 fully saturated rings. The third-order valence-corrected chi connectivity index (χ3v) is 5.46. The predicted octanol–water partition coefficient (Wildman–Crippen LogP) is 3.21. The standard InChI is InChI=1S/C21H21NO3/c1-25-12-11-19(23)22-14-16-13-21(16,15-7-3-2-4-8-15)20(24)17-9-5-6-10-18(17)22/h2-10,16H,11-14H2,1H3/t16-,21+/m0/s1. The van der Waals surface area contributed by atoms with Gasteiger partial charge in [0.2, 0.25) is 5.91 Å². The Balaban J connectivity index is 1.77. The summed E-state index contributed by atoms with van der Waals surface area (Å²) in [6.07, 6.45) is 1.13. The number of carbonyl (C=O) groups excluding carboxylic acids is 2. The number of amides is 1. The molecule has 4 rings (SSSR count). The van der Waals surface area contributed by atoms with Crippen LogP contribution in [0.3, 0.4) is 0 Å². The van der Waals surface area contributed by atoms with Crippen LogP contribution in [0.1, 0.15) is 28.8 Å². The van der Waals surface area contributed by atoms with Crippen molar-refractivity contribution < 1.29 is 14.3 Å². The van der Waals surface area contributed by atoms with Crippen molar-refractivity contribution in [3.63, 3.8) is 0 Å². The number of hydrogen-bond donors (Lipinski definition) is 0. The highest BCUT2D eigenvalue weighted by Gasteiger charge is 2.63. The topological polar surface area (TPSA) is 46.6 Å². The fourth-order valence-corrected chi connectivity index (χ4v) is 4.07. The van der Waals surface area contributed by atoms with E-state index in [4.69, 9.17) is 4.74 Å². The summed E-state index contributed by atoms with van der Waals surface area (Å²) in [5.74, 6) is 0.320. The van der Waals surface area contributed by atoms with Gasteiger partial charge in [-0.3, -0.25) is 9.59 Å². The Bertz CT molecular complexity index is 817. The third-order valence-electron chi connectivity index (χ3n) is 5.46. The molecular weight excluding hydrogens is 314 g/mol. The Labute approximate surface area is 147 Å². The maximum atomic E-state index is 13.4. The van der Waals surface area contributed by atoms with Crippen molar-refractivity contribution in [2.24, 2.45) is 5.92 Å². The molecule has 1 aliphatic heterocycles. The van der Waals surface area contributed by atoms with E-state index in [0.29, 0.717) is 25.1 Å². The molecule has 0 radical (unpaired) electrons. The summed E-state index contributed by atoms with van der Waals surface area (Å²) in [5, 5.41) is 0. The van der Waals surface area contributed by atoms with E-state index in [1.165, 1.54) is 0 Å². The summed E-state index contributed by atoms with van der Waals surface area (Å²) in [4.78, 5) is 27.9. The lowest BCUT2D eigenvalue weighted by molar-refractivity contribution is -0.119. The predicted molar refractivity (Wildman–Crippen MR) is 95.8 cm³/mol. The minimum absolute atomic E-state index is 0.0119. The molecule has 2 aromatic carbocycles. The lowest BCUT2D eigenvalue weighted by Crippen LogP contribution is -2.33. The average molecular weight is 335 g/mol. The van der Waals surface area contributed by atoms with Gasteiger partial charge >= 0.3 is 0 Å². The van der Waals surface area contributed by atoms with Gasteiger partial charge in [0.25, 0.3) is 0 Å². The number of fused-ring (bicyclic) bond motifs is 2. The normalized spacial score (nSPS) is 24.3. The molecule has 0 spiro atoms. The zero-order valence-electron chi connectivity index (χ0n) is 14.3. The Hall–Kier alpha value is -2.46. The molecule has 1 saturated carbocycles. The number of nitrogens with zero attached hydrogens (tertiary/aromatic N) is 1. The first-order valence-corrected chi connectivity index (χ1v) is 8.67. The molecule has 0 saturated heterocycles. The number of ketones is 1. The Kier molecular flexibility index (Phi) is 3.92. The smallest absolute Gasteiger partial charge is 0.229 e. The van der Waals surface area contributed by atoms with E-state index in [0.717, 1.165) is 17.7 Å². The van der Waals surface area contributed by atoms with Crippen LogP contribution in [0.15, 0.2) is 54.6 Å². The number of benzene rings is 2. The quantitative estimate of drug-likeness (QED) is 0.862. The maximum absolute atomic E-state index is 13.4. The van der Waals surface area contributed by atoms with Gasteiger partial charge in [-0.15, -0.1) is 0 Å². The molecule has 0 bridgehead atoms. The van der Waals surface area contributed by atoms with Crippen LogP contribution in [0.5, 0.6) is 0 Å². The lowest BCUT2D eigenvalue weighted by Gasteiger charge is -2.23. The molecule has 0 aromatic heterocycles. The van der Waals surface area contributed by atoms with Crippen LogP contribution in [0.25, 0.3) is 0 Å². The molecule has 2 atom stereocenters. The highest BCUT2D eigenvalue weighted by atomic mass is 16.5. The van der Waals surface area contributed by atoms with Gasteiger partial charge in [0.15, 0.2) is 5.78 Å². The number of rotatable bonds is 4. The summed E-state index contributed by atoms with van der Waals surface area (Å²) in [7, 11) is 1.59. The molecule has 1 heterocycles. The summed E-state index contributed by atoms with van der Waals surface area (Å²) in [6, 6.07) is 17.5. The molecular formula is C21H21NO3. The zero-order valence-corrected chi connectivity index (χ0v) is 14.3. The SMILES string of the molecule is COCCC(=O)N1C[C@@H]2C[C@]2(c2ccccc2)C(=O)c2ccccc21. The van der Waals surface area contributed by atoms with Crippen molar-refractivity contribution >= 4 is 17.4 Å². The molecule has 2 aliphatic rings. The highest BCUT2D eigenvalue weighted by Crippen LogP contribution is 2.58. The number of ether oxygens (including phenoxy) is 1. The number of para-hydroxylation sites is 1. The van der Waals surface area contributed by atoms with Crippen LogP contribution in [-0.2, 0) is 14.9 Å². The summed E-state index contributed by atoms with van der Waals surface area (Å²) < 4.78 is 5.06. The van der Waals surface area contributed by atoms with Gasteiger partial charge in [0.05, 0.1) is 24.1 Å². The highest BCUT2D eigenvalue weighted by molar-refractivity contribution is 6.13. The van der Waals surface area contributed by atoms with Gasteiger partial charge in [0.1, 0.15) is 0 Å². The van der Waals surface area contributed by atoms with Crippen molar-refractivity contribution in [3.05, 3.63) is 65.7 Å². The van der Waals surface area contributed by atoms with Crippen molar-refractivity contribution in [2.75, 3.05) is 25.2 Å². The van der Waals surface area contributed by atoms with Gasteiger partial charge < -0.3 is 9.64 Å². The van der Waals surface area contributed by atoms with E-state index in [1.54, 1.807) is 12.0 Å². The number of Topliss-reactive ketones (excluding diaryl/α,β-unsaturated/α-hetero) is 1. The molecule has 4 nitrogen and oxygen atoms in total. The molecule has 0 N–H and O–H groups in total. The average Bonchev–Trinajstić information content (AvgIpc) is 3.40. The van der Waals surface area contributed by atoms with Gasteiger partial charge in [-0.1, -0.05) is 42.5 Å². The lowest BCUT2D eigenvalue weighted by atomic mass is 9.85. The van der Waals surface area contributed by atoms with Crippen LogP contribution in [-0.4, -0.2) is 32.0 Å². The Morgan fingerprint density at radius 2 is 1.88 bits per heavy atom. The second kappa shape index (κ2) is 6.12. The van der Waals surface area contributed by atoms with Crippen LogP contribution < -0.4 is 4.90 Å². The monoisotopic (exact) mass is 335 g/mol. The molecule has 128 valence electrons. The summed E-state index contributed by atoms with van der Waals surface area (Å²) in [6.45, 7) is 0.972. The van der Waals surface area contributed by atoms with Crippen LogP contribution in [0.4, 0.5) is 5.69 Å². The zero-order chi connectivity index (χ0) is 17.4. The maximum Gasteiger partial charge on any atom is 0.229 e. The molecule has 25 heavy (non-hydrogen) atoms. The van der Waals surface area contributed by atoms with Crippen molar-refractivity contribution in [2.45, 2.75) is 18.3 Å². The van der Waals surface area contributed by atoms with Gasteiger partial charge in [-0.25, -0.2) is 0 Å². The largest absolute Gasteiger partial charge is 0.384 e. The number of hydrogen-bond acceptors (Lipinski definition) is 3. The second-order valence-electron chi connectivity index (χ2n) is 6.83. The van der Waals surface area contributed by atoms with Gasteiger partial charge in [0, 0.05) is 19.2 Å². The van der Waals surface area contributed by atoms with E-state index < -0.39 is 5.41 Å². The fraction of sp³-hybridized carbons (Fsp3) is 0.333. The Morgan fingerprint density at radius 3 is 2.64 bits per heavy atom. The molecule has 1 aliphatic carbocycles. The minimum atomic E-state index is -0.479. The van der Waals surface area contributed by atoms with E-state index >= 15 is 0 Å². The summed E-state index contributed by atoms with van der Waals surface area (Å²) in [5.41, 5.74) is 1.97. The van der Waals surface area contributed by atoms with Crippen molar-refractivity contribution in [1.82, 2.24) is 0 Å². The number of carbonyl (C=O) groups is 2. The first-order valence-electron chi connectivity index (χ1n) is 8.67. The minimum Gasteiger partial charge on any atom is -0.384 e. The van der Waals surface area contributed by atoms with Crippen LogP contribution >= 0.6 is 0 Å². The Morgan fingerprint density at radius 1 is 1.16 bits per heavy atom. The third kappa shape index (κ3) is 2.48. The van der Waals surface area contributed by atoms with Crippen LogP contribution in [0.2, 0.25) is 0 Å². The first-order chi connectivity index (χ1) is 12.2. The summed E-state index contributed by atoms with van der Waals surface area (Å²) >= 11 is 0. The van der Waals surface area contributed by atoms with Crippen molar-refractivity contribution in [3.8, 4) is 0 Å². The fourth-order valence-electron chi connectivity index (χ4n) is 4.07. The number of anilines is 1. The molecule has 1 amide bonds. The molecule has 2 aromatic rings. The second-order valence-corrected chi connectivity index (χ2v) is 6.83. The van der Waals surface area contributed by atoms with E-state index in [2.05, 4.69) is 0 Å². The van der Waals surface area contributed by atoms with E-state index in [-0.39, 0.29) is 17.6 Å². The molecule has 0 unspecified atom stereocenters. The van der Waals surface area contributed by atoms with Gasteiger partial charge in [-0.05, 0) is 30.0 Å². The van der Waals surface area contributed by atoms with E-state index in [1.807, 2.05) is 54.6 Å². The van der Waals surface area contributed by atoms with Gasteiger partial charge in [-0.2, -0.15) is 0 Å². The van der Waals surface area contributed by atoms with Crippen LogP contribution in [0, 0.1) is 5.92 Å². The van der Waals surface area contributed by atoms with E-state index in [9.17, 15) is 9.59 Å².